The highest BCUT2D eigenvalue weighted by Crippen LogP contribution is 2.35. The number of hydrogen-bond acceptors (Lipinski definition) is 9. The van der Waals surface area contributed by atoms with Crippen LogP contribution in [0.15, 0.2) is 79.5 Å². The molecule has 0 aliphatic heterocycles. The van der Waals surface area contributed by atoms with Crippen LogP contribution in [0.2, 0.25) is 0 Å². The Morgan fingerprint density at radius 3 is 1.41 bits per heavy atom. The molecule has 0 aromatic heterocycles. The molecule has 150 valence electrons. The molecule has 0 bridgehead atoms. The minimum absolute atomic E-state index is 0. The number of benzene rings is 2. The molecule has 0 saturated carbocycles. The molecule has 0 spiro atoms. The molecule has 8 N–H and O–H groups in total. The normalized spacial score (nSPS) is 11.7. The molecular weight excluding hydrogens is 404 g/mol. The molecule has 0 amide bonds. The van der Waals surface area contributed by atoms with E-state index in [0.29, 0.717) is 21.2 Å². The SMILES string of the molecule is CC[O-].N#CC(=C(/N)Sc1ccccc1N)/C(C#N)=C(\N)Sc1ccccc1N. The average molecular weight is 426 g/mol. The molecule has 0 atom stereocenters. The van der Waals surface area contributed by atoms with Gasteiger partial charge in [0.1, 0.15) is 23.3 Å². The highest BCUT2D eigenvalue weighted by Gasteiger charge is 2.16. The van der Waals surface area contributed by atoms with Crippen molar-refractivity contribution in [3.05, 3.63) is 69.7 Å². The minimum atomic E-state index is 0. The minimum Gasteiger partial charge on any atom is -0.855 e. The Balaban J connectivity index is 0.00000132. The van der Waals surface area contributed by atoms with Crippen molar-refractivity contribution in [3.63, 3.8) is 0 Å². The predicted molar refractivity (Wildman–Crippen MR) is 118 cm³/mol. The lowest BCUT2D eigenvalue weighted by atomic mass is 10.1. The molecular formula is C20H21N6OS2-. The largest absolute Gasteiger partial charge is 0.855 e. The number of anilines is 2. The smallest absolute Gasteiger partial charge is 0.103 e. The molecule has 7 nitrogen and oxygen atoms in total. The van der Waals surface area contributed by atoms with Gasteiger partial charge in [0.15, 0.2) is 0 Å². The Labute approximate surface area is 178 Å². The average Bonchev–Trinajstić information content (AvgIpc) is 2.70. The van der Waals surface area contributed by atoms with Crippen molar-refractivity contribution in [1.29, 1.82) is 10.5 Å². The highest BCUT2D eigenvalue weighted by molar-refractivity contribution is 8.03. The van der Waals surface area contributed by atoms with Gasteiger partial charge in [0, 0.05) is 21.2 Å². The van der Waals surface area contributed by atoms with Crippen LogP contribution in [0.1, 0.15) is 6.92 Å². The maximum atomic E-state index is 9.51. The van der Waals surface area contributed by atoms with Crippen LogP contribution in [0.4, 0.5) is 11.4 Å². The lowest BCUT2D eigenvalue weighted by molar-refractivity contribution is -0.361. The third-order valence-electron chi connectivity index (χ3n) is 3.24. The van der Waals surface area contributed by atoms with E-state index in [1.165, 1.54) is 0 Å². The summed E-state index contributed by atoms with van der Waals surface area (Å²) >= 11 is 2.22. The number of para-hydroxylation sites is 2. The van der Waals surface area contributed by atoms with Crippen molar-refractivity contribution >= 4 is 34.9 Å². The number of nitriles is 2. The van der Waals surface area contributed by atoms with Gasteiger partial charge in [-0.25, -0.2) is 0 Å². The van der Waals surface area contributed by atoms with E-state index in [9.17, 15) is 10.5 Å². The summed E-state index contributed by atoms with van der Waals surface area (Å²) in [6.07, 6.45) is 0. The zero-order chi connectivity index (χ0) is 21.8. The number of thioether (sulfide) groups is 2. The summed E-state index contributed by atoms with van der Waals surface area (Å²) in [6, 6.07) is 18.1. The van der Waals surface area contributed by atoms with Crippen LogP contribution in [0.5, 0.6) is 0 Å². The fourth-order valence-electron chi connectivity index (χ4n) is 1.95. The zero-order valence-electron chi connectivity index (χ0n) is 15.8. The standard InChI is InChI=1S/C18H16N6S2.C2H5O/c19-9-11(17(23)25-15-7-3-1-5-13(15)21)12(10-20)18(24)26-16-8-4-2-6-14(16)22;1-2-3/h1-8H,21-24H2;2H2,1H3/q;-1/b17-11+,18-12+;. The molecule has 2 rings (SSSR count). The van der Waals surface area contributed by atoms with E-state index < -0.39 is 0 Å². The van der Waals surface area contributed by atoms with Gasteiger partial charge in [-0.05, 0) is 24.3 Å². The number of rotatable bonds is 5. The summed E-state index contributed by atoms with van der Waals surface area (Å²) in [7, 11) is 0. The summed E-state index contributed by atoms with van der Waals surface area (Å²) in [6.45, 7) is 1.57. The van der Waals surface area contributed by atoms with E-state index in [4.69, 9.17) is 28.0 Å². The molecule has 2 aromatic carbocycles. The number of hydrogen-bond donors (Lipinski definition) is 4. The van der Waals surface area contributed by atoms with Crippen LogP contribution < -0.4 is 28.0 Å². The van der Waals surface area contributed by atoms with E-state index in [1.54, 1.807) is 43.3 Å². The molecule has 0 radical (unpaired) electrons. The Morgan fingerprint density at radius 1 is 0.828 bits per heavy atom. The maximum absolute atomic E-state index is 9.51. The van der Waals surface area contributed by atoms with Crippen LogP contribution in [0, 0.1) is 22.7 Å². The van der Waals surface area contributed by atoms with E-state index in [1.807, 2.05) is 24.3 Å². The summed E-state index contributed by atoms with van der Waals surface area (Å²) in [5, 5.41) is 28.2. The maximum Gasteiger partial charge on any atom is 0.103 e. The van der Waals surface area contributed by atoms with E-state index >= 15 is 0 Å². The third-order valence-corrected chi connectivity index (χ3v) is 5.28. The van der Waals surface area contributed by atoms with Gasteiger partial charge in [-0.15, -0.1) is 6.61 Å². The quantitative estimate of drug-likeness (QED) is 0.243. The van der Waals surface area contributed by atoms with Crippen molar-refractivity contribution in [2.75, 3.05) is 18.1 Å². The first-order valence-corrected chi connectivity index (χ1v) is 9.95. The summed E-state index contributed by atoms with van der Waals surface area (Å²) < 4.78 is 0. The van der Waals surface area contributed by atoms with Gasteiger partial charge in [-0.2, -0.15) is 10.5 Å². The molecule has 0 fully saturated rings. The van der Waals surface area contributed by atoms with E-state index in [-0.39, 0.29) is 27.8 Å². The van der Waals surface area contributed by atoms with Crippen LogP contribution in [0.25, 0.3) is 0 Å². The summed E-state index contributed by atoms with van der Waals surface area (Å²) in [5.41, 5.74) is 25.0. The molecule has 9 heteroatoms. The van der Waals surface area contributed by atoms with Crippen molar-refractivity contribution in [1.82, 2.24) is 0 Å². The van der Waals surface area contributed by atoms with Crippen LogP contribution in [-0.4, -0.2) is 6.61 Å². The first-order chi connectivity index (χ1) is 13.9. The lowest BCUT2D eigenvalue weighted by Gasteiger charge is -2.10. The van der Waals surface area contributed by atoms with Crippen molar-refractivity contribution < 1.29 is 5.11 Å². The number of allylic oxidation sites excluding steroid dienone is 2. The van der Waals surface area contributed by atoms with Crippen molar-refractivity contribution in [3.8, 4) is 12.1 Å². The fourth-order valence-corrected chi connectivity index (χ4v) is 3.59. The van der Waals surface area contributed by atoms with E-state index in [0.717, 1.165) is 23.5 Å². The molecule has 0 aliphatic rings. The van der Waals surface area contributed by atoms with Gasteiger partial charge in [0.05, 0.1) is 10.1 Å². The second-order valence-corrected chi connectivity index (χ2v) is 7.44. The van der Waals surface area contributed by atoms with Gasteiger partial charge in [0.25, 0.3) is 0 Å². The van der Waals surface area contributed by atoms with E-state index in [2.05, 4.69) is 0 Å². The Bertz CT molecular complexity index is 909. The first kappa shape index (κ1) is 23.8. The van der Waals surface area contributed by atoms with Crippen LogP contribution >= 0.6 is 23.5 Å². The van der Waals surface area contributed by atoms with Gasteiger partial charge in [-0.1, -0.05) is 54.7 Å². The van der Waals surface area contributed by atoms with Gasteiger partial charge < -0.3 is 28.0 Å². The lowest BCUT2D eigenvalue weighted by Crippen LogP contribution is -2.06. The molecule has 0 heterocycles. The van der Waals surface area contributed by atoms with Gasteiger partial charge in [-0.3, -0.25) is 0 Å². The first-order valence-electron chi connectivity index (χ1n) is 8.32. The van der Waals surface area contributed by atoms with Crippen LogP contribution in [-0.2, 0) is 0 Å². The Morgan fingerprint density at radius 2 is 1.14 bits per heavy atom. The number of nitrogen functional groups attached to an aromatic ring is 2. The summed E-state index contributed by atoms with van der Waals surface area (Å²) in [5.74, 6) is 0. The molecule has 29 heavy (non-hydrogen) atoms. The van der Waals surface area contributed by atoms with Crippen molar-refractivity contribution in [2.24, 2.45) is 11.5 Å². The molecule has 2 aromatic rings. The Kier molecular flexibility index (Phi) is 10.1. The topological polar surface area (TPSA) is 175 Å². The van der Waals surface area contributed by atoms with Crippen LogP contribution in [0.3, 0.4) is 0 Å². The Hall–Kier alpha value is -3.24. The van der Waals surface area contributed by atoms with Gasteiger partial charge >= 0.3 is 0 Å². The molecule has 0 aliphatic carbocycles. The number of nitrogens with zero attached hydrogens (tertiary/aromatic N) is 2. The second-order valence-electron chi connectivity index (χ2n) is 5.27. The zero-order valence-corrected chi connectivity index (χ0v) is 17.4. The predicted octanol–water partition coefficient (Wildman–Crippen LogP) is 2.49. The number of nitrogens with two attached hydrogens (primary N) is 4. The summed E-state index contributed by atoms with van der Waals surface area (Å²) in [4.78, 5) is 1.38. The molecule has 0 saturated heterocycles. The third kappa shape index (κ3) is 7.01. The highest BCUT2D eigenvalue weighted by atomic mass is 32.2. The second kappa shape index (κ2) is 12.3. The monoisotopic (exact) mass is 425 g/mol. The molecule has 0 unspecified atom stereocenters. The fraction of sp³-hybridized carbons (Fsp3) is 0.100. The van der Waals surface area contributed by atoms with Crippen molar-refractivity contribution in [2.45, 2.75) is 16.7 Å². The van der Waals surface area contributed by atoms with Gasteiger partial charge in [0.2, 0.25) is 0 Å².